The third kappa shape index (κ3) is 3.71. The summed E-state index contributed by atoms with van der Waals surface area (Å²) in [5.74, 6) is -0.240. The predicted octanol–water partition coefficient (Wildman–Crippen LogP) is 2.93. The number of rotatable bonds is 4. The fourth-order valence-corrected chi connectivity index (χ4v) is 2.77. The number of β-amino-alcohol motifs (C(OH)–C–C–N with tert-alkyl or cyclic N) is 1. The molecule has 1 aliphatic rings. The van der Waals surface area contributed by atoms with Crippen LogP contribution in [0.1, 0.15) is 23.3 Å². The van der Waals surface area contributed by atoms with E-state index < -0.39 is 6.10 Å². The zero-order valence-corrected chi connectivity index (χ0v) is 12.4. The molecule has 1 N–H and O–H groups in total. The number of aliphatic hydroxyl groups is 1. The fourth-order valence-electron chi connectivity index (χ4n) is 2.77. The lowest BCUT2D eigenvalue weighted by molar-refractivity contribution is -0.0424. The van der Waals surface area contributed by atoms with Gasteiger partial charge in [-0.25, -0.2) is 4.39 Å². The second-order valence-corrected chi connectivity index (χ2v) is 5.60. The van der Waals surface area contributed by atoms with Crippen LogP contribution in [0.25, 0.3) is 0 Å². The number of aliphatic hydroxyl groups excluding tert-OH is 1. The zero-order chi connectivity index (χ0) is 15.4. The van der Waals surface area contributed by atoms with Crippen molar-refractivity contribution in [2.75, 3.05) is 26.2 Å². The van der Waals surface area contributed by atoms with Crippen molar-refractivity contribution in [2.45, 2.75) is 12.2 Å². The smallest absolute Gasteiger partial charge is 0.123 e. The van der Waals surface area contributed by atoms with Gasteiger partial charge in [0.2, 0.25) is 0 Å². The SMILES string of the molecule is O[C@@H](CN1CCO[C@@H](c2ccc(F)cc2)C1)c1ccccc1. The van der Waals surface area contributed by atoms with E-state index in [1.807, 2.05) is 30.3 Å². The average molecular weight is 301 g/mol. The Morgan fingerprint density at radius 3 is 2.59 bits per heavy atom. The molecule has 0 unspecified atom stereocenters. The maximum Gasteiger partial charge on any atom is 0.123 e. The molecular weight excluding hydrogens is 281 g/mol. The van der Waals surface area contributed by atoms with Crippen LogP contribution in [0.4, 0.5) is 4.39 Å². The van der Waals surface area contributed by atoms with Crippen molar-refractivity contribution in [3.8, 4) is 0 Å². The molecular formula is C18H20FNO2. The molecule has 0 spiro atoms. The molecule has 4 heteroatoms. The Labute approximate surface area is 130 Å². The number of morpholine rings is 1. The first kappa shape index (κ1) is 15.2. The summed E-state index contributed by atoms with van der Waals surface area (Å²) in [6.07, 6.45) is -0.578. The predicted molar refractivity (Wildman–Crippen MR) is 82.9 cm³/mol. The molecule has 1 heterocycles. The van der Waals surface area contributed by atoms with E-state index in [-0.39, 0.29) is 11.9 Å². The number of ether oxygens (including phenoxy) is 1. The molecule has 0 saturated carbocycles. The molecule has 1 saturated heterocycles. The van der Waals surface area contributed by atoms with Gasteiger partial charge in [-0.1, -0.05) is 42.5 Å². The van der Waals surface area contributed by atoms with Crippen LogP contribution in [0.5, 0.6) is 0 Å². The van der Waals surface area contributed by atoms with Crippen LogP contribution < -0.4 is 0 Å². The molecule has 0 aromatic heterocycles. The quantitative estimate of drug-likeness (QED) is 0.942. The standard InChI is InChI=1S/C18H20FNO2/c19-16-8-6-15(7-9-16)18-13-20(10-11-22-18)12-17(21)14-4-2-1-3-5-14/h1-9,17-18,21H,10-13H2/t17-,18+/m0/s1. The minimum Gasteiger partial charge on any atom is -0.387 e. The lowest BCUT2D eigenvalue weighted by Crippen LogP contribution is -2.40. The molecule has 0 aliphatic carbocycles. The molecule has 0 amide bonds. The topological polar surface area (TPSA) is 32.7 Å². The van der Waals surface area contributed by atoms with E-state index >= 15 is 0 Å². The highest BCUT2D eigenvalue weighted by molar-refractivity contribution is 5.20. The van der Waals surface area contributed by atoms with Crippen molar-refractivity contribution in [1.82, 2.24) is 4.90 Å². The van der Waals surface area contributed by atoms with Crippen LogP contribution in [-0.4, -0.2) is 36.2 Å². The molecule has 1 fully saturated rings. The van der Waals surface area contributed by atoms with Crippen molar-refractivity contribution in [2.24, 2.45) is 0 Å². The number of hydrogen-bond acceptors (Lipinski definition) is 3. The van der Waals surface area contributed by atoms with E-state index in [9.17, 15) is 9.50 Å². The first-order valence-electron chi connectivity index (χ1n) is 7.55. The summed E-state index contributed by atoms with van der Waals surface area (Å²) in [7, 11) is 0. The number of nitrogens with zero attached hydrogens (tertiary/aromatic N) is 1. The molecule has 2 aromatic carbocycles. The molecule has 0 radical (unpaired) electrons. The number of benzene rings is 2. The molecule has 3 rings (SSSR count). The van der Waals surface area contributed by atoms with E-state index in [4.69, 9.17) is 4.74 Å². The summed E-state index contributed by atoms with van der Waals surface area (Å²) in [4.78, 5) is 2.19. The van der Waals surface area contributed by atoms with E-state index in [1.54, 1.807) is 12.1 Å². The van der Waals surface area contributed by atoms with Crippen molar-refractivity contribution in [1.29, 1.82) is 0 Å². The molecule has 3 nitrogen and oxygen atoms in total. The molecule has 22 heavy (non-hydrogen) atoms. The van der Waals surface area contributed by atoms with Crippen LogP contribution in [0.15, 0.2) is 54.6 Å². The summed E-state index contributed by atoms with van der Waals surface area (Å²) in [6.45, 7) is 2.69. The van der Waals surface area contributed by atoms with Crippen LogP contribution >= 0.6 is 0 Å². The second kappa shape index (κ2) is 7.01. The molecule has 116 valence electrons. The summed E-state index contributed by atoms with van der Waals surface area (Å²) in [6, 6.07) is 16.1. The minimum absolute atomic E-state index is 0.0719. The zero-order valence-electron chi connectivity index (χ0n) is 12.4. The Morgan fingerprint density at radius 2 is 1.86 bits per heavy atom. The van der Waals surface area contributed by atoms with Crippen LogP contribution in [-0.2, 0) is 4.74 Å². The van der Waals surface area contributed by atoms with Gasteiger partial charge in [0, 0.05) is 19.6 Å². The molecule has 0 bridgehead atoms. The lowest BCUT2D eigenvalue weighted by Gasteiger charge is -2.34. The summed E-state index contributed by atoms with van der Waals surface area (Å²) in [5.41, 5.74) is 1.90. The normalized spacial score (nSPS) is 20.7. The van der Waals surface area contributed by atoms with Gasteiger partial charge in [0.1, 0.15) is 5.82 Å². The van der Waals surface area contributed by atoms with E-state index in [0.717, 1.165) is 17.7 Å². The van der Waals surface area contributed by atoms with Gasteiger partial charge in [-0.3, -0.25) is 4.90 Å². The van der Waals surface area contributed by atoms with Gasteiger partial charge in [0.05, 0.1) is 18.8 Å². The fraction of sp³-hybridized carbons (Fsp3) is 0.333. The van der Waals surface area contributed by atoms with Crippen LogP contribution in [0.3, 0.4) is 0 Å². The van der Waals surface area contributed by atoms with Crippen molar-refractivity contribution in [3.63, 3.8) is 0 Å². The number of hydrogen-bond donors (Lipinski definition) is 1. The highest BCUT2D eigenvalue weighted by atomic mass is 19.1. The Morgan fingerprint density at radius 1 is 1.14 bits per heavy atom. The van der Waals surface area contributed by atoms with Gasteiger partial charge < -0.3 is 9.84 Å². The van der Waals surface area contributed by atoms with Gasteiger partial charge in [-0.05, 0) is 23.3 Å². The second-order valence-electron chi connectivity index (χ2n) is 5.60. The van der Waals surface area contributed by atoms with Crippen molar-refractivity contribution >= 4 is 0 Å². The van der Waals surface area contributed by atoms with Gasteiger partial charge >= 0.3 is 0 Å². The minimum atomic E-state index is -0.506. The third-order valence-electron chi connectivity index (χ3n) is 4.01. The Kier molecular flexibility index (Phi) is 4.83. The third-order valence-corrected chi connectivity index (χ3v) is 4.01. The maximum atomic E-state index is 13.0. The van der Waals surface area contributed by atoms with Crippen LogP contribution in [0, 0.1) is 5.82 Å². The average Bonchev–Trinajstić information content (AvgIpc) is 2.56. The van der Waals surface area contributed by atoms with Gasteiger partial charge in [0.25, 0.3) is 0 Å². The number of halogens is 1. The van der Waals surface area contributed by atoms with Gasteiger partial charge in [-0.15, -0.1) is 0 Å². The highest BCUT2D eigenvalue weighted by Gasteiger charge is 2.23. The lowest BCUT2D eigenvalue weighted by atomic mass is 10.1. The Balaban J connectivity index is 1.62. The molecule has 2 aromatic rings. The first-order chi connectivity index (χ1) is 10.7. The summed E-state index contributed by atoms with van der Waals surface area (Å²) >= 11 is 0. The first-order valence-corrected chi connectivity index (χ1v) is 7.55. The summed E-state index contributed by atoms with van der Waals surface area (Å²) < 4.78 is 18.8. The molecule has 2 atom stereocenters. The van der Waals surface area contributed by atoms with E-state index in [2.05, 4.69) is 4.90 Å². The highest BCUT2D eigenvalue weighted by Crippen LogP contribution is 2.24. The monoisotopic (exact) mass is 301 g/mol. The van der Waals surface area contributed by atoms with Gasteiger partial charge in [0.15, 0.2) is 0 Å². The van der Waals surface area contributed by atoms with Crippen LogP contribution in [0.2, 0.25) is 0 Å². The Hall–Kier alpha value is -1.75. The molecule has 1 aliphatic heterocycles. The summed E-state index contributed by atoms with van der Waals surface area (Å²) in [5, 5.41) is 10.3. The Bertz CT molecular complexity index is 588. The van der Waals surface area contributed by atoms with Crippen molar-refractivity contribution < 1.29 is 14.2 Å². The van der Waals surface area contributed by atoms with Gasteiger partial charge in [-0.2, -0.15) is 0 Å². The largest absolute Gasteiger partial charge is 0.387 e. The maximum absolute atomic E-state index is 13.0. The van der Waals surface area contributed by atoms with E-state index in [1.165, 1.54) is 12.1 Å². The van der Waals surface area contributed by atoms with Crippen molar-refractivity contribution in [3.05, 3.63) is 71.5 Å². The van der Waals surface area contributed by atoms with E-state index in [0.29, 0.717) is 19.7 Å².